The molecule has 0 heterocycles. The van der Waals surface area contributed by atoms with Crippen molar-refractivity contribution in [2.45, 2.75) is 20.0 Å². The van der Waals surface area contributed by atoms with Crippen molar-refractivity contribution in [2.75, 3.05) is 13.2 Å². The molecule has 0 saturated heterocycles. The first-order chi connectivity index (χ1) is 7.15. The van der Waals surface area contributed by atoms with Crippen molar-refractivity contribution in [3.8, 4) is 5.75 Å². The molecule has 0 aliphatic rings. The molecule has 0 saturated carbocycles. The number of ether oxygens (including phenoxy) is 2. The molecule has 0 aliphatic heterocycles. The zero-order chi connectivity index (χ0) is 11.3. The van der Waals surface area contributed by atoms with Crippen LogP contribution in [0.5, 0.6) is 5.75 Å². The number of hydrogen-bond donors (Lipinski definition) is 0. The van der Waals surface area contributed by atoms with Crippen molar-refractivity contribution >= 4 is 15.9 Å². The Hall–Kier alpha value is -0.610. The molecule has 0 bridgehead atoms. The third-order valence-corrected chi connectivity index (χ3v) is 2.46. The molecular formula is C11H14BrFO2. The monoisotopic (exact) mass is 276 g/mol. The van der Waals surface area contributed by atoms with Crippen LogP contribution in [0.2, 0.25) is 0 Å². The van der Waals surface area contributed by atoms with Gasteiger partial charge in [0, 0.05) is 6.61 Å². The quantitative estimate of drug-likeness (QED) is 0.821. The number of hydrogen-bond acceptors (Lipinski definition) is 2. The molecule has 0 N–H and O–H groups in total. The highest BCUT2D eigenvalue weighted by molar-refractivity contribution is 9.10. The minimum absolute atomic E-state index is 0.0403. The second-order valence-corrected chi connectivity index (χ2v) is 3.98. The third-order valence-electron chi connectivity index (χ3n) is 1.83. The maximum Gasteiger partial charge on any atom is 0.169 e. The first kappa shape index (κ1) is 12.5. The molecule has 0 aliphatic carbocycles. The largest absolute Gasteiger partial charge is 0.487 e. The molecule has 0 radical (unpaired) electrons. The summed E-state index contributed by atoms with van der Waals surface area (Å²) < 4.78 is 24.5. The van der Waals surface area contributed by atoms with E-state index < -0.39 is 0 Å². The Balaban J connectivity index is 2.57. The average Bonchev–Trinajstić information content (AvgIpc) is 2.17. The topological polar surface area (TPSA) is 18.5 Å². The maximum absolute atomic E-state index is 13.3. The number of halogens is 2. The summed E-state index contributed by atoms with van der Waals surface area (Å²) in [4.78, 5) is 0. The summed E-state index contributed by atoms with van der Waals surface area (Å²) in [5, 5.41) is 0. The molecular weight excluding hydrogens is 263 g/mol. The van der Waals surface area contributed by atoms with E-state index in [0.29, 0.717) is 17.7 Å². The molecule has 84 valence electrons. The fraction of sp³-hybridized carbons (Fsp3) is 0.455. The van der Waals surface area contributed by atoms with E-state index in [1.165, 1.54) is 6.07 Å². The summed E-state index contributed by atoms with van der Waals surface area (Å²) >= 11 is 3.23. The standard InChI is InChI=1S/C11H14BrFO2/c1-3-14-8(2)7-15-11-9(12)5-4-6-10(11)13/h4-6,8H,3,7H2,1-2H3. The lowest BCUT2D eigenvalue weighted by molar-refractivity contribution is 0.0389. The summed E-state index contributed by atoms with van der Waals surface area (Å²) in [5.74, 6) is -0.128. The second-order valence-electron chi connectivity index (χ2n) is 3.13. The Labute approximate surface area is 97.5 Å². The number of benzene rings is 1. The minimum atomic E-state index is -0.368. The SMILES string of the molecule is CCOC(C)COc1c(F)cccc1Br. The van der Waals surface area contributed by atoms with Crippen LogP contribution in [0.25, 0.3) is 0 Å². The van der Waals surface area contributed by atoms with Gasteiger partial charge in [0.05, 0.1) is 10.6 Å². The predicted molar refractivity (Wildman–Crippen MR) is 60.7 cm³/mol. The first-order valence-corrected chi connectivity index (χ1v) is 5.62. The van der Waals surface area contributed by atoms with Crippen molar-refractivity contribution in [3.05, 3.63) is 28.5 Å². The highest BCUT2D eigenvalue weighted by atomic mass is 79.9. The molecule has 1 unspecified atom stereocenters. The number of rotatable bonds is 5. The first-order valence-electron chi connectivity index (χ1n) is 4.83. The fourth-order valence-corrected chi connectivity index (χ4v) is 1.61. The van der Waals surface area contributed by atoms with Gasteiger partial charge in [0.2, 0.25) is 0 Å². The van der Waals surface area contributed by atoms with E-state index in [2.05, 4.69) is 15.9 Å². The molecule has 4 heteroatoms. The lowest BCUT2D eigenvalue weighted by Gasteiger charge is -2.14. The van der Waals surface area contributed by atoms with E-state index in [1.54, 1.807) is 12.1 Å². The normalized spacial score (nSPS) is 12.5. The van der Waals surface area contributed by atoms with E-state index in [4.69, 9.17) is 9.47 Å². The fourth-order valence-electron chi connectivity index (χ4n) is 1.15. The van der Waals surface area contributed by atoms with Crippen molar-refractivity contribution in [1.82, 2.24) is 0 Å². The van der Waals surface area contributed by atoms with Crippen LogP contribution in [-0.2, 0) is 4.74 Å². The molecule has 0 fully saturated rings. The van der Waals surface area contributed by atoms with E-state index in [9.17, 15) is 4.39 Å². The summed E-state index contributed by atoms with van der Waals surface area (Å²) in [5.41, 5.74) is 0. The van der Waals surface area contributed by atoms with Gasteiger partial charge in [0.25, 0.3) is 0 Å². The van der Waals surface area contributed by atoms with Gasteiger partial charge in [-0.1, -0.05) is 6.07 Å². The van der Waals surface area contributed by atoms with Crippen molar-refractivity contribution < 1.29 is 13.9 Å². The number of para-hydroxylation sites is 1. The van der Waals surface area contributed by atoms with Crippen molar-refractivity contribution in [2.24, 2.45) is 0 Å². The van der Waals surface area contributed by atoms with Gasteiger partial charge in [0.15, 0.2) is 11.6 Å². The second kappa shape index (κ2) is 6.08. The molecule has 1 rings (SSSR count). The van der Waals surface area contributed by atoms with Crippen LogP contribution in [0, 0.1) is 5.82 Å². The summed E-state index contributed by atoms with van der Waals surface area (Å²) in [7, 11) is 0. The smallest absolute Gasteiger partial charge is 0.169 e. The molecule has 0 spiro atoms. The Morgan fingerprint density at radius 2 is 2.20 bits per heavy atom. The molecule has 2 nitrogen and oxygen atoms in total. The lowest BCUT2D eigenvalue weighted by atomic mass is 10.3. The highest BCUT2D eigenvalue weighted by Crippen LogP contribution is 2.27. The molecule has 1 aromatic rings. The average molecular weight is 277 g/mol. The summed E-state index contributed by atoms with van der Waals surface area (Å²) in [6, 6.07) is 4.73. The van der Waals surface area contributed by atoms with Crippen LogP contribution < -0.4 is 4.74 Å². The Morgan fingerprint density at radius 1 is 1.47 bits per heavy atom. The van der Waals surface area contributed by atoms with E-state index in [1.807, 2.05) is 13.8 Å². The van der Waals surface area contributed by atoms with Gasteiger partial charge >= 0.3 is 0 Å². The third kappa shape index (κ3) is 3.80. The minimum Gasteiger partial charge on any atom is -0.487 e. The van der Waals surface area contributed by atoms with Gasteiger partial charge in [-0.2, -0.15) is 0 Å². The Kier molecular flexibility index (Phi) is 5.05. The van der Waals surface area contributed by atoms with Gasteiger partial charge in [-0.15, -0.1) is 0 Å². The van der Waals surface area contributed by atoms with Gasteiger partial charge in [-0.05, 0) is 41.9 Å². The van der Waals surface area contributed by atoms with Crippen molar-refractivity contribution in [1.29, 1.82) is 0 Å². The van der Waals surface area contributed by atoms with Gasteiger partial charge in [0.1, 0.15) is 6.61 Å². The van der Waals surface area contributed by atoms with Crippen LogP contribution in [0.3, 0.4) is 0 Å². The van der Waals surface area contributed by atoms with Crippen LogP contribution in [0.4, 0.5) is 4.39 Å². The zero-order valence-corrected chi connectivity index (χ0v) is 10.4. The Bertz CT molecular complexity index is 297. The predicted octanol–water partition coefficient (Wildman–Crippen LogP) is 3.39. The lowest BCUT2D eigenvalue weighted by Crippen LogP contribution is -2.18. The van der Waals surface area contributed by atoms with Gasteiger partial charge < -0.3 is 9.47 Å². The van der Waals surface area contributed by atoms with Crippen LogP contribution in [0.1, 0.15) is 13.8 Å². The summed E-state index contributed by atoms with van der Waals surface area (Å²) in [6.45, 7) is 4.77. The van der Waals surface area contributed by atoms with Crippen LogP contribution in [-0.4, -0.2) is 19.3 Å². The van der Waals surface area contributed by atoms with E-state index in [-0.39, 0.29) is 17.7 Å². The van der Waals surface area contributed by atoms with Gasteiger partial charge in [-0.25, -0.2) is 4.39 Å². The molecule has 1 aromatic carbocycles. The highest BCUT2D eigenvalue weighted by Gasteiger charge is 2.09. The maximum atomic E-state index is 13.3. The van der Waals surface area contributed by atoms with Crippen LogP contribution >= 0.6 is 15.9 Å². The molecule has 1 atom stereocenters. The zero-order valence-electron chi connectivity index (χ0n) is 8.80. The van der Waals surface area contributed by atoms with Crippen LogP contribution in [0.15, 0.2) is 22.7 Å². The molecule has 0 aromatic heterocycles. The van der Waals surface area contributed by atoms with E-state index >= 15 is 0 Å². The Morgan fingerprint density at radius 3 is 2.80 bits per heavy atom. The van der Waals surface area contributed by atoms with Gasteiger partial charge in [-0.3, -0.25) is 0 Å². The molecule has 0 amide bonds. The summed E-state index contributed by atoms with van der Waals surface area (Å²) in [6.07, 6.45) is -0.0403. The van der Waals surface area contributed by atoms with Crippen molar-refractivity contribution in [3.63, 3.8) is 0 Å². The molecule has 15 heavy (non-hydrogen) atoms. The van der Waals surface area contributed by atoms with E-state index in [0.717, 1.165) is 0 Å².